The number of ether oxygens (including phenoxy) is 1. The average Bonchev–Trinajstić information content (AvgIpc) is 2.54. The summed E-state index contributed by atoms with van der Waals surface area (Å²) in [6.07, 6.45) is 16.9. The van der Waals surface area contributed by atoms with Gasteiger partial charge in [-0.05, 0) is 56.3 Å². The lowest BCUT2D eigenvalue weighted by atomic mass is 9.70. The second-order valence-electron chi connectivity index (χ2n) is 7.37. The van der Waals surface area contributed by atoms with Crippen molar-refractivity contribution < 1.29 is 9.13 Å². The van der Waals surface area contributed by atoms with Gasteiger partial charge in [-0.2, -0.15) is 0 Å². The molecule has 2 aliphatic rings. The van der Waals surface area contributed by atoms with Gasteiger partial charge in [0, 0.05) is 0 Å². The Balaban J connectivity index is 1.60. The lowest BCUT2D eigenvalue weighted by molar-refractivity contribution is 0.00162. The summed E-state index contributed by atoms with van der Waals surface area (Å²) in [5.74, 6) is 2.94. The molecule has 0 aliphatic heterocycles. The maximum Gasteiger partial charge on any atom is 0.113 e. The average molecular weight is 298 g/mol. The third-order valence-electron chi connectivity index (χ3n) is 5.92. The molecule has 2 rings (SSSR count). The highest BCUT2D eigenvalue weighted by Gasteiger charge is 2.30. The predicted molar refractivity (Wildman–Crippen MR) is 87.3 cm³/mol. The molecule has 2 heteroatoms. The smallest absolute Gasteiger partial charge is 0.113 e. The lowest BCUT2D eigenvalue weighted by Crippen LogP contribution is -2.29. The molecule has 2 saturated carbocycles. The van der Waals surface area contributed by atoms with E-state index in [0.717, 1.165) is 17.8 Å². The second kappa shape index (κ2) is 9.82. The van der Waals surface area contributed by atoms with Crippen molar-refractivity contribution in [2.75, 3.05) is 13.3 Å². The fourth-order valence-electron chi connectivity index (χ4n) is 4.57. The minimum Gasteiger partial charge on any atom is -0.376 e. The first-order valence-corrected chi connectivity index (χ1v) is 9.51. The molecule has 0 amide bonds. The number of unbranched alkanes of at least 4 members (excludes halogenated alkanes) is 2. The summed E-state index contributed by atoms with van der Waals surface area (Å²) < 4.78 is 17.7. The van der Waals surface area contributed by atoms with Gasteiger partial charge in [0.1, 0.15) is 6.67 Å². The maximum absolute atomic E-state index is 12.1. The van der Waals surface area contributed by atoms with E-state index in [2.05, 4.69) is 6.92 Å². The Bertz CT molecular complexity index is 252. The van der Waals surface area contributed by atoms with Crippen LogP contribution in [0.25, 0.3) is 0 Å². The Morgan fingerprint density at radius 1 is 0.857 bits per heavy atom. The first-order valence-electron chi connectivity index (χ1n) is 9.51. The van der Waals surface area contributed by atoms with Crippen molar-refractivity contribution in [1.29, 1.82) is 0 Å². The van der Waals surface area contributed by atoms with E-state index < -0.39 is 0 Å². The van der Waals surface area contributed by atoms with E-state index >= 15 is 0 Å². The lowest BCUT2D eigenvalue weighted by Gasteiger charge is -2.37. The molecule has 0 unspecified atom stereocenters. The van der Waals surface area contributed by atoms with Crippen LogP contribution in [0.1, 0.15) is 84.0 Å². The predicted octanol–water partition coefficient (Wildman–Crippen LogP) is 5.92. The van der Waals surface area contributed by atoms with E-state index in [1.165, 1.54) is 77.0 Å². The zero-order valence-corrected chi connectivity index (χ0v) is 14.0. The van der Waals surface area contributed by atoms with Crippen molar-refractivity contribution in [2.45, 2.75) is 90.1 Å². The van der Waals surface area contributed by atoms with E-state index in [-0.39, 0.29) is 6.67 Å². The molecule has 0 heterocycles. The first kappa shape index (κ1) is 17.2. The van der Waals surface area contributed by atoms with Gasteiger partial charge >= 0.3 is 0 Å². The highest BCUT2D eigenvalue weighted by atomic mass is 19.1. The van der Waals surface area contributed by atoms with Crippen LogP contribution in [-0.4, -0.2) is 19.4 Å². The molecule has 0 aromatic heterocycles. The van der Waals surface area contributed by atoms with Crippen molar-refractivity contribution >= 4 is 0 Å². The molecule has 0 radical (unpaired) electrons. The van der Waals surface area contributed by atoms with Gasteiger partial charge in [0.15, 0.2) is 0 Å². The van der Waals surface area contributed by atoms with Crippen LogP contribution in [0, 0.1) is 17.8 Å². The van der Waals surface area contributed by atoms with Crippen LogP contribution < -0.4 is 0 Å². The van der Waals surface area contributed by atoms with Gasteiger partial charge in [0.25, 0.3) is 0 Å². The largest absolute Gasteiger partial charge is 0.376 e. The van der Waals surface area contributed by atoms with Crippen LogP contribution in [-0.2, 0) is 4.74 Å². The molecule has 2 aliphatic carbocycles. The molecule has 21 heavy (non-hydrogen) atoms. The normalized spacial score (nSPS) is 34.0. The van der Waals surface area contributed by atoms with Crippen LogP contribution in [0.2, 0.25) is 0 Å². The number of hydrogen-bond donors (Lipinski definition) is 0. The zero-order chi connectivity index (χ0) is 14.9. The van der Waals surface area contributed by atoms with Gasteiger partial charge in [-0.15, -0.1) is 0 Å². The molecule has 0 N–H and O–H groups in total. The van der Waals surface area contributed by atoms with Crippen molar-refractivity contribution in [3.63, 3.8) is 0 Å². The fraction of sp³-hybridized carbons (Fsp3) is 1.00. The Labute approximate surface area is 131 Å². The molecule has 0 saturated heterocycles. The Morgan fingerprint density at radius 2 is 1.48 bits per heavy atom. The van der Waals surface area contributed by atoms with Crippen molar-refractivity contribution in [3.05, 3.63) is 0 Å². The van der Waals surface area contributed by atoms with E-state index in [9.17, 15) is 4.39 Å². The van der Waals surface area contributed by atoms with Gasteiger partial charge in [-0.25, -0.2) is 4.39 Å². The van der Waals surface area contributed by atoms with Crippen LogP contribution in [0.3, 0.4) is 0 Å². The summed E-state index contributed by atoms with van der Waals surface area (Å²) in [6, 6.07) is 0. The number of rotatable bonds is 8. The number of hydrogen-bond acceptors (Lipinski definition) is 1. The second-order valence-corrected chi connectivity index (χ2v) is 7.37. The summed E-state index contributed by atoms with van der Waals surface area (Å²) in [6.45, 7) is 2.27. The monoisotopic (exact) mass is 298 g/mol. The zero-order valence-electron chi connectivity index (χ0n) is 14.0. The summed E-state index contributed by atoms with van der Waals surface area (Å²) in [5.41, 5.74) is 0. The van der Waals surface area contributed by atoms with Gasteiger partial charge in [0.2, 0.25) is 0 Å². The van der Waals surface area contributed by atoms with E-state index in [1.54, 1.807) is 0 Å². The Hall–Kier alpha value is -0.110. The van der Waals surface area contributed by atoms with Gasteiger partial charge in [-0.1, -0.05) is 45.4 Å². The molecule has 124 valence electrons. The van der Waals surface area contributed by atoms with Crippen LogP contribution in [0.5, 0.6) is 0 Å². The molecular weight excluding hydrogens is 263 g/mol. The van der Waals surface area contributed by atoms with Crippen molar-refractivity contribution in [2.24, 2.45) is 17.8 Å². The molecule has 0 bridgehead atoms. The van der Waals surface area contributed by atoms with E-state index in [1.807, 2.05) is 0 Å². The van der Waals surface area contributed by atoms with E-state index in [0.29, 0.717) is 12.7 Å². The fourth-order valence-corrected chi connectivity index (χ4v) is 4.57. The Morgan fingerprint density at radius 3 is 2.05 bits per heavy atom. The van der Waals surface area contributed by atoms with Crippen molar-refractivity contribution in [3.8, 4) is 0 Å². The van der Waals surface area contributed by atoms with Crippen LogP contribution >= 0.6 is 0 Å². The minimum atomic E-state index is -0.331. The molecule has 0 aromatic carbocycles. The SMILES string of the molecule is CCCCCC1CCC(C2CCC(OCCF)CC2)CC1. The topological polar surface area (TPSA) is 9.23 Å². The third-order valence-corrected chi connectivity index (χ3v) is 5.92. The molecule has 0 aromatic rings. The molecule has 1 nitrogen and oxygen atoms in total. The maximum atomic E-state index is 12.1. The van der Waals surface area contributed by atoms with Gasteiger partial charge < -0.3 is 4.74 Å². The van der Waals surface area contributed by atoms with Gasteiger partial charge in [-0.3, -0.25) is 0 Å². The minimum absolute atomic E-state index is 0.304. The third kappa shape index (κ3) is 5.88. The summed E-state index contributed by atoms with van der Waals surface area (Å²) >= 11 is 0. The summed E-state index contributed by atoms with van der Waals surface area (Å²) in [5, 5.41) is 0. The van der Waals surface area contributed by atoms with Crippen LogP contribution in [0.15, 0.2) is 0 Å². The summed E-state index contributed by atoms with van der Waals surface area (Å²) in [4.78, 5) is 0. The number of alkyl halides is 1. The number of halogens is 1. The first-order chi connectivity index (χ1) is 10.3. The van der Waals surface area contributed by atoms with Crippen molar-refractivity contribution in [1.82, 2.24) is 0 Å². The quantitative estimate of drug-likeness (QED) is 0.505. The Kier molecular flexibility index (Phi) is 8.06. The van der Waals surface area contributed by atoms with E-state index in [4.69, 9.17) is 4.74 Å². The highest BCUT2D eigenvalue weighted by molar-refractivity contribution is 4.82. The summed E-state index contributed by atoms with van der Waals surface area (Å²) in [7, 11) is 0. The molecule has 0 atom stereocenters. The molecule has 0 spiro atoms. The highest BCUT2D eigenvalue weighted by Crippen LogP contribution is 2.41. The molecular formula is C19H35FO. The van der Waals surface area contributed by atoms with Crippen LogP contribution in [0.4, 0.5) is 4.39 Å². The van der Waals surface area contributed by atoms with Gasteiger partial charge in [0.05, 0.1) is 12.7 Å². The standard InChI is InChI=1S/C19H35FO/c1-2-3-4-5-16-6-8-17(9-7-16)18-10-12-19(13-11-18)21-15-14-20/h16-19H,2-15H2,1H3. The molecule has 2 fully saturated rings.